The predicted octanol–water partition coefficient (Wildman–Crippen LogP) is 3.59. The van der Waals surface area contributed by atoms with Crippen molar-refractivity contribution in [1.82, 2.24) is 20.1 Å². The van der Waals surface area contributed by atoms with Gasteiger partial charge in [-0.05, 0) is 66.7 Å². The first-order chi connectivity index (χ1) is 16.4. The van der Waals surface area contributed by atoms with Crippen LogP contribution in [-0.4, -0.2) is 59.1 Å². The Morgan fingerprint density at radius 2 is 1.79 bits per heavy atom. The molecule has 5 rings (SSSR count). The number of rotatable bonds is 5. The molecule has 0 radical (unpaired) electrons. The number of halogens is 1. The maximum absolute atomic E-state index is 13.8. The number of carbonyl (C=O) groups excluding carboxylic acids is 1. The third kappa shape index (κ3) is 4.72. The van der Waals surface area contributed by atoms with Crippen LogP contribution >= 0.6 is 0 Å². The topological polar surface area (TPSA) is 88.2 Å². The number of hydrogen-bond acceptors (Lipinski definition) is 7. The van der Waals surface area contributed by atoms with Gasteiger partial charge in [-0.25, -0.2) is 9.37 Å². The molecule has 1 aliphatic rings. The summed E-state index contributed by atoms with van der Waals surface area (Å²) in [5.41, 5.74) is 9.54. The van der Waals surface area contributed by atoms with Crippen molar-refractivity contribution in [2.24, 2.45) is 0 Å². The van der Waals surface area contributed by atoms with Crippen LogP contribution in [-0.2, 0) is 6.42 Å². The van der Waals surface area contributed by atoms with E-state index in [1.807, 2.05) is 30.3 Å². The van der Waals surface area contributed by atoms with Crippen molar-refractivity contribution in [1.29, 1.82) is 0 Å². The van der Waals surface area contributed by atoms with Gasteiger partial charge >= 0.3 is 0 Å². The SMILES string of the molecule is CN1CCN(c2cc(C(=O)Cc3cc4cc(-c5cc(N)cc(F)c5)ccc4nn3)ccn2)CC1. The average Bonchev–Trinajstić information content (AvgIpc) is 2.83. The molecule has 2 aromatic carbocycles. The number of carbonyl (C=O) groups is 1. The van der Waals surface area contributed by atoms with Gasteiger partial charge in [0, 0.05) is 49.0 Å². The summed E-state index contributed by atoms with van der Waals surface area (Å²) in [7, 11) is 2.10. The number of benzene rings is 2. The van der Waals surface area contributed by atoms with Gasteiger partial charge < -0.3 is 15.5 Å². The Kier molecular flexibility index (Phi) is 5.90. The molecule has 0 bridgehead atoms. The van der Waals surface area contributed by atoms with E-state index in [-0.39, 0.29) is 18.0 Å². The smallest absolute Gasteiger partial charge is 0.169 e. The van der Waals surface area contributed by atoms with Gasteiger partial charge in [0.15, 0.2) is 5.78 Å². The van der Waals surface area contributed by atoms with Crippen LogP contribution in [0.5, 0.6) is 0 Å². The number of Topliss-reactive ketones (excluding diaryl/α,β-unsaturated/α-hetero) is 1. The average molecular weight is 457 g/mol. The molecule has 4 aromatic rings. The van der Waals surface area contributed by atoms with E-state index < -0.39 is 0 Å². The summed E-state index contributed by atoms with van der Waals surface area (Å²) >= 11 is 0. The molecule has 2 N–H and O–H groups in total. The van der Waals surface area contributed by atoms with Crippen LogP contribution in [0.15, 0.2) is 60.8 Å². The van der Waals surface area contributed by atoms with Crippen LogP contribution < -0.4 is 10.6 Å². The quantitative estimate of drug-likeness (QED) is 0.363. The van der Waals surface area contributed by atoms with Crippen molar-refractivity contribution in [2.45, 2.75) is 6.42 Å². The van der Waals surface area contributed by atoms with Gasteiger partial charge in [0.25, 0.3) is 0 Å². The van der Waals surface area contributed by atoms with E-state index in [1.165, 1.54) is 12.1 Å². The molecular weight excluding hydrogens is 431 g/mol. The summed E-state index contributed by atoms with van der Waals surface area (Å²) in [5, 5.41) is 9.34. The number of fused-ring (bicyclic) bond motifs is 1. The molecule has 0 amide bonds. The van der Waals surface area contributed by atoms with Crippen LogP contribution in [0.2, 0.25) is 0 Å². The zero-order valence-corrected chi connectivity index (χ0v) is 18.9. The lowest BCUT2D eigenvalue weighted by atomic mass is 10.0. The number of piperazine rings is 1. The molecule has 0 unspecified atom stereocenters. The highest BCUT2D eigenvalue weighted by atomic mass is 19.1. The van der Waals surface area contributed by atoms with Crippen molar-refractivity contribution < 1.29 is 9.18 Å². The van der Waals surface area contributed by atoms with Gasteiger partial charge in [-0.15, -0.1) is 0 Å². The summed E-state index contributed by atoms with van der Waals surface area (Å²) in [6.45, 7) is 3.71. The molecular formula is C26H25FN6O. The number of ketones is 1. The van der Waals surface area contributed by atoms with Gasteiger partial charge in [-0.2, -0.15) is 10.2 Å². The number of nitrogens with two attached hydrogens (primary N) is 1. The lowest BCUT2D eigenvalue weighted by Gasteiger charge is -2.33. The first-order valence-electron chi connectivity index (χ1n) is 11.2. The number of aromatic nitrogens is 3. The summed E-state index contributed by atoms with van der Waals surface area (Å²) in [5.74, 6) is 0.394. The molecule has 0 aliphatic carbocycles. The fraction of sp³-hybridized carbons (Fsp3) is 0.231. The van der Waals surface area contributed by atoms with E-state index in [9.17, 15) is 9.18 Å². The van der Waals surface area contributed by atoms with E-state index in [1.54, 1.807) is 18.3 Å². The lowest BCUT2D eigenvalue weighted by Crippen LogP contribution is -2.44. The molecule has 0 spiro atoms. The van der Waals surface area contributed by atoms with Crippen molar-refractivity contribution in [3.63, 3.8) is 0 Å². The van der Waals surface area contributed by atoms with Crippen LogP contribution in [0.25, 0.3) is 22.0 Å². The van der Waals surface area contributed by atoms with Crippen LogP contribution in [0.1, 0.15) is 16.1 Å². The number of likely N-dealkylation sites (N-methyl/N-ethyl adjacent to an activating group) is 1. The third-order valence-electron chi connectivity index (χ3n) is 6.13. The second-order valence-electron chi connectivity index (χ2n) is 8.68. The second-order valence-corrected chi connectivity index (χ2v) is 8.68. The Bertz CT molecular complexity index is 1350. The van der Waals surface area contributed by atoms with Crippen molar-refractivity contribution in [2.75, 3.05) is 43.9 Å². The first-order valence-corrected chi connectivity index (χ1v) is 11.2. The molecule has 8 heteroatoms. The molecule has 7 nitrogen and oxygen atoms in total. The fourth-order valence-electron chi connectivity index (χ4n) is 4.20. The largest absolute Gasteiger partial charge is 0.399 e. The highest BCUT2D eigenvalue weighted by Crippen LogP contribution is 2.26. The summed E-state index contributed by atoms with van der Waals surface area (Å²) < 4.78 is 13.8. The van der Waals surface area contributed by atoms with Gasteiger partial charge in [0.05, 0.1) is 17.6 Å². The Hall–Kier alpha value is -3.91. The number of anilines is 2. The monoisotopic (exact) mass is 456 g/mol. The minimum atomic E-state index is -0.387. The van der Waals surface area contributed by atoms with Crippen LogP contribution in [0, 0.1) is 5.82 Å². The van der Waals surface area contributed by atoms with E-state index in [0.717, 1.165) is 42.9 Å². The molecule has 172 valence electrons. The van der Waals surface area contributed by atoms with Gasteiger partial charge in [0.1, 0.15) is 11.6 Å². The highest BCUT2D eigenvalue weighted by molar-refractivity contribution is 5.98. The number of nitrogen functional groups attached to an aromatic ring is 1. The van der Waals surface area contributed by atoms with Crippen LogP contribution in [0.4, 0.5) is 15.9 Å². The highest BCUT2D eigenvalue weighted by Gasteiger charge is 2.17. The molecule has 2 aromatic heterocycles. The Morgan fingerprint density at radius 1 is 0.971 bits per heavy atom. The molecule has 1 aliphatic heterocycles. The van der Waals surface area contributed by atoms with Gasteiger partial charge in [0.2, 0.25) is 0 Å². The Balaban J connectivity index is 1.37. The van der Waals surface area contributed by atoms with E-state index >= 15 is 0 Å². The second kappa shape index (κ2) is 9.15. The molecule has 0 atom stereocenters. The van der Waals surface area contributed by atoms with E-state index in [2.05, 4.69) is 32.0 Å². The zero-order valence-electron chi connectivity index (χ0n) is 18.9. The summed E-state index contributed by atoms with van der Waals surface area (Å²) in [6.07, 6.45) is 1.82. The number of hydrogen-bond donors (Lipinski definition) is 1. The van der Waals surface area contributed by atoms with Crippen molar-refractivity contribution in [3.05, 3.63) is 77.9 Å². The minimum absolute atomic E-state index is 0.0412. The molecule has 1 saturated heterocycles. The van der Waals surface area contributed by atoms with Crippen molar-refractivity contribution in [3.8, 4) is 11.1 Å². The van der Waals surface area contributed by atoms with E-state index in [0.29, 0.717) is 28.0 Å². The predicted molar refractivity (Wildman–Crippen MR) is 131 cm³/mol. The molecule has 3 heterocycles. The maximum Gasteiger partial charge on any atom is 0.169 e. The normalized spacial score (nSPS) is 14.5. The standard InChI is InChI=1S/C26H25FN6O/c1-32-6-8-33(9-7-32)26-14-18(4-5-29-26)25(34)16-23-13-20-10-17(2-3-24(20)31-30-23)19-11-21(27)15-22(28)12-19/h2-5,10-15H,6-9,16,28H2,1H3. The first kappa shape index (κ1) is 21.9. The fourth-order valence-corrected chi connectivity index (χ4v) is 4.20. The third-order valence-corrected chi connectivity index (χ3v) is 6.13. The van der Waals surface area contributed by atoms with Crippen molar-refractivity contribution >= 4 is 28.2 Å². The van der Waals surface area contributed by atoms with E-state index in [4.69, 9.17) is 5.73 Å². The zero-order chi connectivity index (χ0) is 23.7. The maximum atomic E-state index is 13.8. The molecule has 1 fully saturated rings. The molecule has 34 heavy (non-hydrogen) atoms. The van der Waals surface area contributed by atoms with Crippen LogP contribution in [0.3, 0.4) is 0 Å². The van der Waals surface area contributed by atoms with Gasteiger partial charge in [-0.1, -0.05) is 6.07 Å². The Labute approximate surface area is 197 Å². The lowest BCUT2D eigenvalue weighted by molar-refractivity contribution is 0.0991. The number of pyridine rings is 1. The Morgan fingerprint density at radius 3 is 2.59 bits per heavy atom. The minimum Gasteiger partial charge on any atom is -0.399 e. The van der Waals surface area contributed by atoms with Gasteiger partial charge in [-0.3, -0.25) is 4.79 Å². The molecule has 0 saturated carbocycles. The summed E-state index contributed by atoms with van der Waals surface area (Å²) in [6, 6.07) is 15.5. The summed E-state index contributed by atoms with van der Waals surface area (Å²) in [4.78, 5) is 22.0. The number of nitrogens with zero attached hydrogens (tertiary/aromatic N) is 5.